The molecule has 50 heavy (non-hydrogen) atoms. The van der Waals surface area contributed by atoms with Crippen LogP contribution in [0.3, 0.4) is 0 Å². The maximum atomic E-state index is 13.7. The van der Waals surface area contributed by atoms with Gasteiger partial charge in [-0.25, -0.2) is 0 Å². The zero-order valence-electron chi connectivity index (χ0n) is 25.6. The number of aryl methyl sites for hydroxylation is 1. The molecule has 0 N–H and O–H groups in total. The Labute approximate surface area is 299 Å². The molecule has 0 unspecified atom stereocenters. The number of benzene rings is 2. The number of rotatable bonds is 2. The first-order chi connectivity index (χ1) is 24.4. The molecular formula is C39H15N5O2S4. The first-order valence-electron chi connectivity index (χ1n) is 15.0. The minimum atomic E-state index is -0.193. The fourth-order valence-electron chi connectivity index (χ4n) is 6.98. The second-order valence-electron chi connectivity index (χ2n) is 11.7. The molecule has 7 aromatic rings. The summed E-state index contributed by atoms with van der Waals surface area (Å²) in [5.41, 5.74) is 5.91. The molecule has 5 heterocycles. The van der Waals surface area contributed by atoms with Crippen LogP contribution in [0.15, 0.2) is 81.6 Å². The van der Waals surface area contributed by atoms with Crippen LogP contribution in [-0.4, -0.2) is 16.1 Å². The lowest BCUT2D eigenvalue weighted by Gasteiger charge is -2.04. The third-order valence-electron chi connectivity index (χ3n) is 9.16. The topological polar surface area (TPSA) is 134 Å². The van der Waals surface area contributed by atoms with Gasteiger partial charge in [-0.2, -0.15) is 21.0 Å². The summed E-state index contributed by atoms with van der Waals surface area (Å²) < 4.78 is 5.78. The van der Waals surface area contributed by atoms with E-state index in [1.54, 1.807) is 12.2 Å². The Kier molecular flexibility index (Phi) is 6.53. The number of carbonyl (C=O) groups excluding carboxylic acids is 2. The molecule has 0 saturated heterocycles. The van der Waals surface area contributed by atoms with Crippen LogP contribution in [0, 0.1) is 45.3 Å². The van der Waals surface area contributed by atoms with E-state index in [1.807, 2.05) is 95.2 Å². The van der Waals surface area contributed by atoms with Crippen LogP contribution >= 0.6 is 45.3 Å². The van der Waals surface area contributed by atoms with Crippen molar-refractivity contribution in [3.63, 3.8) is 0 Å². The van der Waals surface area contributed by atoms with Gasteiger partial charge >= 0.3 is 0 Å². The van der Waals surface area contributed by atoms with Crippen molar-refractivity contribution in [2.75, 3.05) is 0 Å². The Bertz CT molecular complexity index is 2840. The van der Waals surface area contributed by atoms with Gasteiger partial charge in [-0.05, 0) is 58.3 Å². The lowest BCUT2D eigenvalue weighted by atomic mass is 9.97. The molecule has 0 bridgehead atoms. The third-order valence-corrected chi connectivity index (χ3v) is 13.6. The summed E-state index contributed by atoms with van der Waals surface area (Å²) >= 11 is 5.75. The van der Waals surface area contributed by atoms with E-state index in [9.17, 15) is 30.6 Å². The van der Waals surface area contributed by atoms with Crippen molar-refractivity contribution in [2.24, 2.45) is 7.05 Å². The molecule has 0 radical (unpaired) electrons. The van der Waals surface area contributed by atoms with Gasteiger partial charge in [0.1, 0.15) is 35.4 Å². The van der Waals surface area contributed by atoms with E-state index in [1.165, 1.54) is 45.3 Å². The Hall–Kier alpha value is -6.18. The van der Waals surface area contributed by atoms with Gasteiger partial charge in [-0.15, -0.1) is 45.3 Å². The standard InChI is InChI=1S/C39H15N5O2S4/c1-44-26-12-18(10-24-30(20(14-40)15-41)32-36-28(6-8-47-36)49-38(32)34(24)45)2-4-22(26)23-5-3-19(13-27(23)44)11-25-31(21(16-42)17-43)33-37-29(7-9-48-37)50-39(33)35(25)46/h2-13H,1H3/b24-10-,25-11-. The average Bonchev–Trinajstić information content (AvgIpc) is 3.98. The summed E-state index contributed by atoms with van der Waals surface area (Å²) in [4.78, 5) is 28.5. The van der Waals surface area contributed by atoms with E-state index in [0.717, 1.165) is 51.7 Å². The summed E-state index contributed by atoms with van der Waals surface area (Å²) in [6.07, 6.45) is 3.52. The molecule has 0 saturated carbocycles. The quantitative estimate of drug-likeness (QED) is 0.129. The molecule has 0 amide bonds. The monoisotopic (exact) mass is 713 g/mol. The molecule has 0 atom stereocenters. The molecule has 9 rings (SSSR count). The van der Waals surface area contributed by atoms with Crippen LogP contribution in [-0.2, 0) is 7.05 Å². The Morgan fingerprint density at radius 1 is 0.640 bits per heavy atom. The van der Waals surface area contributed by atoms with Crippen molar-refractivity contribution in [1.29, 1.82) is 21.0 Å². The highest BCUT2D eigenvalue weighted by Gasteiger charge is 2.38. The van der Waals surface area contributed by atoms with E-state index in [0.29, 0.717) is 43.2 Å². The summed E-state index contributed by atoms with van der Waals surface area (Å²) in [6.45, 7) is 0. The summed E-state index contributed by atoms with van der Waals surface area (Å²) in [6, 6.07) is 23.7. The molecular weight excluding hydrogens is 699 g/mol. The number of nitrogens with zero attached hydrogens (tertiary/aromatic N) is 5. The molecule has 0 spiro atoms. The summed E-state index contributed by atoms with van der Waals surface area (Å²) in [5, 5.41) is 45.2. The molecule has 5 aromatic heterocycles. The van der Waals surface area contributed by atoms with Crippen molar-refractivity contribution in [3.8, 4) is 24.3 Å². The van der Waals surface area contributed by atoms with E-state index >= 15 is 0 Å². The Balaban J connectivity index is 1.16. The molecule has 2 aromatic carbocycles. The first kappa shape index (κ1) is 29.9. The van der Waals surface area contributed by atoms with Crippen molar-refractivity contribution in [3.05, 3.63) is 114 Å². The molecule has 2 aliphatic carbocycles. The smallest absolute Gasteiger partial charge is 0.204 e. The number of allylic oxidation sites excluding steroid dienone is 6. The fourth-order valence-corrected chi connectivity index (χ4v) is 11.6. The van der Waals surface area contributed by atoms with Gasteiger partial charge in [0.25, 0.3) is 0 Å². The number of aromatic nitrogens is 1. The second-order valence-corrected chi connectivity index (χ2v) is 15.6. The van der Waals surface area contributed by atoms with Crippen molar-refractivity contribution in [1.82, 2.24) is 4.57 Å². The van der Waals surface area contributed by atoms with Gasteiger partial charge in [0.05, 0.1) is 19.2 Å². The third kappa shape index (κ3) is 4.01. The Morgan fingerprint density at radius 2 is 1.06 bits per heavy atom. The molecule has 11 heteroatoms. The highest BCUT2D eigenvalue weighted by atomic mass is 32.1. The normalized spacial score (nSPS) is 15.3. The van der Waals surface area contributed by atoms with Crippen molar-refractivity contribution >= 4 is 121 Å². The van der Waals surface area contributed by atoms with Crippen molar-refractivity contribution < 1.29 is 9.59 Å². The lowest BCUT2D eigenvalue weighted by molar-refractivity contribution is 0.103. The van der Waals surface area contributed by atoms with Crippen LogP contribution in [0.25, 0.3) is 63.9 Å². The van der Waals surface area contributed by atoms with E-state index in [-0.39, 0.29) is 22.7 Å². The lowest BCUT2D eigenvalue weighted by Crippen LogP contribution is -1.96. The zero-order chi connectivity index (χ0) is 34.4. The molecule has 232 valence electrons. The first-order valence-corrected chi connectivity index (χ1v) is 18.4. The van der Waals surface area contributed by atoms with Crippen LogP contribution in [0.1, 0.15) is 41.6 Å². The minimum absolute atomic E-state index is 0.0889. The Morgan fingerprint density at radius 3 is 1.46 bits per heavy atom. The van der Waals surface area contributed by atoms with Gasteiger partial charge < -0.3 is 4.57 Å². The minimum Gasteiger partial charge on any atom is -0.344 e. The van der Waals surface area contributed by atoms with Gasteiger partial charge in [-0.1, -0.05) is 24.3 Å². The molecule has 2 aliphatic rings. The fraction of sp³-hybridized carbons (Fsp3) is 0.0256. The number of fused-ring (bicyclic) bond motifs is 9. The van der Waals surface area contributed by atoms with Crippen LogP contribution in [0.4, 0.5) is 0 Å². The van der Waals surface area contributed by atoms with Crippen molar-refractivity contribution in [2.45, 2.75) is 0 Å². The van der Waals surface area contributed by atoms with Crippen LogP contribution in [0.5, 0.6) is 0 Å². The summed E-state index contributed by atoms with van der Waals surface area (Å²) in [7, 11) is 1.94. The maximum Gasteiger partial charge on any atom is 0.204 e. The number of hydrogen-bond acceptors (Lipinski definition) is 10. The zero-order valence-corrected chi connectivity index (χ0v) is 28.9. The van der Waals surface area contributed by atoms with E-state index in [2.05, 4.69) is 0 Å². The second kappa shape index (κ2) is 10.9. The molecule has 7 nitrogen and oxygen atoms in total. The number of ketones is 2. The molecule has 0 aliphatic heterocycles. The number of carbonyl (C=O) groups is 2. The highest BCUT2D eigenvalue weighted by molar-refractivity contribution is 7.29. The SMILES string of the molecule is Cn1c2cc(/C=C3\C(=O)c4sc5ccsc5c4C3=C(C#N)C#N)ccc2c2ccc(/C=C3\C(=O)c4sc5ccsc5c4C3=C(C#N)C#N)cc21. The van der Waals surface area contributed by atoms with Gasteiger partial charge in [-0.3, -0.25) is 9.59 Å². The maximum absolute atomic E-state index is 13.7. The average molecular weight is 714 g/mol. The number of Topliss-reactive ketones (excluding diaryl/α,β-unsaturated/α-hetero) is 2. The van der Waals surface area contributed by atoms with Crippen LogP contribution in [0.2, 0.25) is 0 Å². The van der Waals surface area contributed by atoms with Crippen LogP contribution < -0.4 is 0 Å². The highest BCUT2D eigenvalue weighted by Crippen LogP contribution is 2.51. The predicted molar refractivity (Wildman–Crippen MR) is 201 cm³/mol. The van der Waals surface area contributed by atoms with Gasteiger partial charge in [0.15, 0.2) is 0 Å². The largest absolute Gasteiger partial charge is 0.344 e. The predicted octanol–water partition coefficient (Wildman–Crippen LogP) is 10.0. The number of hydrogen-bond donors (Lipinski definition) is 0. The summed E-state index contributed by atoms with van der Waals surface area (Å²) in [5.74, 6) is -0.387. The van der Waals surface area contributed by atoms with Gasteiger partial charge in [0, 0.05) is 71.7 Å². The molecule has 0 fully saturated rings. The van der Waals surface area contributed by atoms with E-state index in [4.69, 9.17) is 0 Å². The number of nitriles is 4. The van der Waals surface area contributed by atoms with Gasteiger partial charge in [0.2, 0.25) is 11.6 Å². The van der Waals surface area contributed by atoms with E-state index < -0.39 is 0 Å². The number of thiophene rings is 4.